The quantitative estimate of drug-likeness (QED) is 0.295. The van der Waals surface area contributed by atoms with Gasteiger partial charge in [0.15, 0.2) is 5.16 Å². The summed E-state index contributed by atoms with van der Waals surface area (Å²) in [6, 6.07) is 24.4. The summed E-state index contributed by atoms with van der Waals surface area (Å²) in [6.07, 6.45) is 0.118. The van der Waals surface area contributed by atoms with Crippen molar-refractivity contribution in [2.45, 2.75) is 24.2 Å². The van der Waals surface area contributed by atoms with E-state index in [1.54, 1.807) is 48.5 Å². The van der Waals surface area contributed by atoms with E-state index in [1.165, 1.54) is 4.57 Å². The second-order valence-electron chi connectivity index (χ2n) is 7.71. The van der Waals surface area contributed by atoms with Crippen LogP contribution in [0.5, 0.6) is 0 Å². The van der Waals surface area contributed by atoms with Gasteiger partial charge in [0, 0.05) is 0 Å². The zero-order chi connectivity index (χ0) is 23.9. The summed E-state index contributed by atoms with van der Waals surface area (Å²) in [5.74, 6) is -1.94. The minimum Gasteiger partial charge on any atom is -0.548 e. The molecule has 1 atom stereocenters. The lowest BCUT2D eigenvalue weighted by Crippen LogP contribution is -2.49. The van der Waals surface area contributed by atoms with Crippen molar-refractivity contribution >= 4 is 34.5 Å². The number of para-hydroxylation sites is 1. The highest BCUT2D eigenvalue weighted by molar-refractivity contribution is 7.99. The van der Waals surface area contributed by atoms with Gasteiger partial charge < -0.3 is 15.2 Å². The number of aliphatic carboxylic acids is 1. The minimum atomic E-state index is -1.35. The Morgan fingerprint density at radius 1 is 0.912 bits per heavy atom. The Morgan fingerprint density at radius 3 is 2.21 bits per heavy atom. The molecular weight excluding hydrogens is 450 g/mol. The Balaban J connectivity index is 1.53. The molecular formula is C26H22N3O4S-. The van der Waals surface area contributed by atoms with Gasteiger partial charge >= 0.3 is 0 Å². The number of aromatic nitrogens is 2. The van der Waals surface area contributed by atoms with Crippen LogP contribution >= 0.6 is 11.8 Å². The van der Waals surface area contributed by atoms with Crippen molar-refractivity contribution in [2.75, 3.05) is 5.75 Å². The summed E-state index contributed by atoms with van der Waals surface area (Å²) >= 11 is 1.09. The first-order chi connectivity index (χ1) is 16.5. The number of thioether (sulfide) groups is 1. The van der Waals surface area contributed by atoms with Crippen molar-refractivity contribution < 1.29 is 14.7 Å². The third kappa shape index (κ3) is 5.71. The molecule has 1 heterocycles. The molecule has 0 unspecified atom stereocenters. The Hall–Kier alpha value is -3.91. The topological polar surface area (TPSA) is 104 Å². The summed E-state index contributed by atoms with van der Waals surface area (Å²) in [5, 5.41) is 15.0. The van der Waals surface area contributed by atoms with E-state index < -0.39 is 17.9 Å². The van der Waals surface area contributed by atoms with E-state index in [0.717, 1.165) is 22.9 Å². The predicted molar refractivity (Wildman–Crippen MR) is 129 cm³/mol. The monoisotopic (exact) mass is 472 g/mol. The number of nitrogens with zero attached hydrogens (tertiary/aromatic N) is 2. The second-order valence-corrected chi connectivity index (χ2v) is 8.65. The summed E-state index contributed by atoms with van der Waals surface area (Å²) in [5.41, 5.74) is 2.04. The number of rotatable bonds is 9. The zero-order valence-electron chi connectivity index (χ0n) is 18.2. The molecule has 0 aliphatic carbocycles. The van der Waals surface area contributed by atoms with Crippen molar-refractivity contribution in [3.05, 3.63) is 106 Å². The van der Waals surface area contributed by atoms with Gasteiger partial charge in [0.05, 0.1) is 35.2 Å². The van der Waals surface area contributed by atoms with Crippen LogP contribution in [0.1, 0.15) is 11.1 Å². The first kappa shape index (κ1) is 23.3. The standard InChI is InChI=1S/C26H23N3O4S/c30-23(27-22(25(32)33)15-18-9-3-1-4-10-18)17-34-26-28-21-14-8-7-13-20(21)24(31)29(26)16-19-11-5-2-6-12-19/h1-14,22H,15-17H2,(H,27,30)(H,32,33)/p-1/t22-/m0/s1. The van der Waals surface area contributed by atoms with Gasteiger partial charge in [-0.3, -0.25) is 14.2 Å². The number of nitrogens with one attached hydrogen (secondary N) is 1. The fourth-order valence-corrected chi connectivity index (χ4v) is 4.38. The van der Waals surface area contributed by atoms with E-state index in [1.807, 2.05) is 36.4 Å². The second kappa shape index (κ2) is 10.8. The van der Waals surface area contributed by atoms with Crippen LogP contribution in [-0.2, 0) is 22.6 Å². The summed E-state index contributed by atoms with van der Waals surface area (Å²) in [6.45, 7) is 0.303. The van der Waals surface area contributed by atoms with Crippen molar-refractivity contribution in [2.24, 2.45) is 0 Å². The lowest BCUT2D eigenvalue weighted by atomic mass is 10.1. The third-order valence-electron chi connectivity index (χ3n) is 5.24. The molecule has 0 radical (unpaired) electrons. The average molecular weight is 473 g/mol. The first-order valence-electron chi connectivity index (χ1n) is 10.7. The van der Waals surface area contributed by atoms with Gasteiger partial charge in [-0.05, 0) is 29.7 Å². The van der Waals surface area contributed by atoms with Crippen LogP contribution in [0.4, 0.5) is 0 Å². The molecule has 4 aromatic rings. The van der Waals surface area contributed by atoms with Gasteiger partial charge in [0.25, 0.3) is 5.56 Å². The van der Waals surface area contributed by atoms with E-state index in [2.05, 4.69) is 10.3 Å². The minimum absolute atomic E-state index is 0.0991. The largest absolute Gasteiger partial charge is 0.548 e. The normalized spacial score (nSPS) is 11.8. The number of carboxylic acid groups (broad SMARTS) is 1. The third-order valence-corrected chi connectivity index (χ3v) is 6.22. The van der Waals surface area contributed by atoms with Gasteiger partial charge in [0.2, 0.25) is 5.91 Å². The highest BCUT2D eigenvalue weighted by atomic mass is 32.2. The van der Waals surface area contributed by atoms with Crippen LogP contribution in [0.25, 0.3) is 10.9 Å². The van der Waals surface area contributed by atoms with Gasteiger partial charge in [-0.2, -0.15) is 0 Å². The van der Waals surface area contributed by atoms with E-state index >= 15 is 0 Å². The van der Waals surface area contributed by atoms with Crippen molar-refractivity contribution in [3.8, 4) is 0 Å². The molecule has 8 heteroatoms. The number of hydrogen-bond acceptors (Lipinski definition) is 6. The van der Waals surface area contributed by atoms with Crippen molar-refractivity contribution in [3.63, 3.8) is 0 Å². The van der Waals surface area contributed by atoms with Gasteiger partial charge in [-0.15, -0.1) is 0 Å². The molecule has 0 fully saturated rings. The molecule has 4 rings (SSSR count). The number of carboxylic acids is 1. The SMILES string of the molecule is O=C(CSc1nc2ccccc2c(=O)n1Cc1ccccc1)N[C@@H](Cc1ccccc1)C(=O)[O-]. The van der Waals surface area contributed by atoms with Gasteiger partial charge in [-0.1, -0.05) is 84.6 Å². The fourth-order valence-electron chi connectivity index (χ4n) is 3.57. The van der Waals surface area contributed by atoms with Crippen LogP contribution < -0.4 is 16.0 Å². The molecule has 1 N–H and O–H groups in total. The van der Waals surface area contributed by atoms with Gasteiger partial charge in [-0.25, -0.2) is 4.98 Å². The maximum atomic E-state index is 13.2. The number of fused-ring (bicyclic) bond motifs is 1. The number of benzene rings is 3. The Bertz CT molecular complexity index is 1360. The number of carbonyl (C=O) groups is 2. The lowest BCUT2D eigenvalue weighted by molar-refractivity contribution is -0.308. The Morgan fingerprint density at radius 2 is 1.53 bits per heavy atom. The summed E-state index contributed by atoms with van der Waals surface area (Å²) in [4.78, 5) is 42.0. The molecule has 34 heavy (non-hydrogen) atoms. The molecule has 0 spiro atoms. The molecule has 0 saturated carbocycles. The summed E-state index contributed by atoms with van der Waals surface area (Å²) in [7, 11) is 0. The molecule has 0 aliphatic rings. The summed E-state index contributed by atoms with van der Waals surface area (Å²) < 4.78 is 1.54. The number of hydrogen-bond donors (Lipinski definition) is 1. The highest BCUT2D eigenvalue weighted by Crippen LogP contribution is 2.19. The van der Waals surface area contributed by atoms with Crippen LogP contribution in [0.2, 0.25) is 0 Å². The Labute approximate surface area is 200 Å². The van der Waals surface area contributed by atoms with E-state index in [4.69, 9.17) is 0 Å². The molecule has 0 saturated heterocycles. The highest BCUT2D eigenvalue weighted by Gasteiger charge is 2.17. The molecule has 3 aromatic carbocycles. The fraction of sp³-hybridized carbons (Fsp3) is 0.154. The predicted octanol–water partition coefficient (Wildman–Crippen LogP) is 2.01. The molecule has 0 bridgehead atoms. The smallest absolute Gasteiger partial charge is 0.262 e. The maximum absolute atomic E-state index is 13.2. The average Bonchev–Trinajstić information content (AvgIpc) is 2.85. The lowest BCUT2D eigenvalue weighted by Gasteiger charge is -2.20. The molecule has 0 aliphatic heterocycles. The van der Waals surface area contributed by atoms with Crippen molar-refractivity contribution in [1.29, 1.82) is 0 Å². The Kier molecular flexibility index (Phi) is 7.39. The molecule has 7 nitrogen and oxygen atoms in total. The van der Waals surface area contributed by atoms with E-state index in [9.17, 15) is 19.5 Å². The first-order valence-corrected chi connectivity index (χ1v) is 11.7. The van der Waals surface area contributed by atoms with Crippen LogP contribution in [0.3, 0.4) is 0 Å². The molecule has 172 valence electrons. The van der Waals surface area contributed by atoms with E-state index in [0.29, 0.717) is 22.6 Å². The molecule has 1 aromatic heterocycles. The zero-order valence-corrected chi connectivity index (χ0v) is 19.0. The van der Waals surface area contributed by atoms with Crippen LogP contribution in [-0.4, -0.2) is 33.2 Å². The van der Waals surface area contributed by atoms with E-state index in [-0.39, 0.29) is 17.7 Å². The maximum Gasteiger partial charge on any atom is 0.262 e. The van der Waals surface area contributed by atoms with Crippen LogP contribution in [0.15, 0.2) is 94.9 Å². The number of amides is 1. The van der Waals surface area contributed by atoms with Gasteiger partial charge in [0.1, 0.15) is 0 Å². The number of carbonyl (C=O) groups excluding carboxylic acids is 2. The van der Waals surface area contributed by atoms with Crippen LogP contribution in [0, 0.1) is 0 Å². The van der Waals surface area contributed by atoms with Crippen molar-refractivity contribution in [1.82, 2.24) is 14.9 Å². The molecule has 1 amide bonds.